The van der Waals surface area contributed by atoms with Gasteiger partial charge in [-0.1, -0.05) is 64.4 Å². The summed E-state index contributed by atoms with van der Waals surface area (Å²) in [5.74, 6) is 0. The zero-order valence-electron chi connectivity index (χ0n) is 12.4. The van der Waals surface area contributed by atoms with E-state index >= 15 is 0 Å². The van der Waals surface area contributed by atoms with E-state index in [1.54, 1.807) is 17.5 Å². The van der Waals surface area contributed by atoms with Crippen molar-refractivity contribution in [3.05, 3.63) is 17.5 Å². The molecule has 3 nitrogen and oxygen atoms in total. The van der Waals surface area contributed by atoms with Crippen molar-refractivity contribution >= 4 is 21.4 Å². The Morgan fingerprint density at radius 2 is 1.60 bits per heavy atom. The lowest BCUT2D eigenvalue weighted by atomic mass is 10.1. The van der Waals surface area contributed by atoms with E-state index in [2.05, 4.69) is 11.6 Å². The van der Waals surface area contributed by atoms with Gasteiger partial charge in [-0.25, -0.2) is 13.1 Å². The lowest BCUT2D eigenvalue weighted by molar-refractivity contribution is 0.554. The summed E-state index contributed by atoms with van der Waals surface area (Å²) in [6.45, 7) is 2.79. The van der Waals surface area contributed by atoms with E-state index in [4.69, 9.17) is 0 Å². The number of unbranched alkanes of at least 4 members (excludes halogenated alkanes) is 8. The van der Waals surface area contributed by atoms with Crippen molar-refractivity contribution in [2.45, 2.75) is 68.9 Å². The van der Waals surface area contributed by atoms with Crippen LogP contribution in [-0.2, 0) is 10.0 Å². The number of nitrogens with one attached hydrogen (secondary N) is 1. The highest BCUT2D eigenvalue weighted by atomic mass is 32.2. The number of thiophene rings is 1. The zero-order chi connectivity index (χ0) is 14.7. The quantitative estimate of drug-likeness (QED) is 0.575. The first kappa shape index (κ1) is 17.7. The molecule has 0 amide bonds. The summed E-state index contributed by atoms with van der Waals surface area (Å²) in [6, 6.07) is 3.40. The minimum atomic E-state index is -3.26. The highest BCUT2D eigenvalue weighted by Crippen LogP contribution is 2.15. The number of sulfonamides is 1. The molecule has 0 aliphatic carbocycles. The van der Waals surface area contributed by atoms with Crippen LogP contribution in [0.25, 0.3) is 0 Å². The maximum Gasteiger partial charge on any atom is 0.250 e. The fraction of sp³-hybridized carbons (Fsp3) is 0.733. The van der Waals surface area contributed by atoms with Crippen LogP contribution in [0.4, 0.5) is 0 Å². The minimum Gasteiger partial charge on any atom is -0.210 e. The van der Waals surface area contributed by atoms with Gasteiger partial charge in [0.2, 0.25) is 10.0 Å². The van der Waals surface area contributed by atoms with Crippen LogP contribution in [0.15, 0.2) is 21.7 Å². The number of hydrogen-bond donors (Lipinski definition) is 1. The van der Waals surface area contributed by atoms with Gasteiger partial charge in [0.15, 0.2) is 0 Å². The molecule has 0 fully saturated rings. The third-order valence-electron chi connectivity index (χ3n) is 3.33. The molecule has 0 unspecified atom stereocenters. The Hall–Kier alpha value is -0.390. The molecule has 0 saturated heterocycles. The van der Waals surface area contributed by atoms with Crippen LogP contribution < -0.4 is 4.72 Å². The van der Waals surface area contributed by atoms with Gasteiger partial charge in [-0.2, -0.15) is 0 Å². The van der Waals surface area contributed by atoms with Crippen molar-refractivity contribution in [1.82, 2.24) is 4.72 Å². The molecule has 0 bridgehead atoms. The normalized spacial score (nSPS) is 11.8. The number of rotatable bonds is 12. The lowest BCUT2D eigenvalue weighted by Gasteiger charge is -2.05. The average Bonchev–Trinajstić information content (AvgIpc) is 2.96. The maximum absolute atomic E-state index is 11.8. The smallest absolute Gasteiger partial charge is 0.210 e. The lowest BCUT2D eigenvalue weighted by Crippen LogP contribution is -2.23. The molecule has 0 aromatic carbocycles. The SMILES string of the molecule is CCCCCCCCCCCNS(=O)(=O)c1cccs1. The summed E-state index contributed by atoms with van der Waals surface area (Å²) in [6.07, 6.45) is 11.2. The first-order chi connectivity index (χ1) is 9.67. The largest absolute Gasteiger partial charge is 0.250 e. The van der Waals surface area contributed by atoms with Crippen molar-refractivity contribution in [1.29, 1.82) is 0 Å². The first-order valence-corrected chi connectivity index (χ1v) is 10.1. The summed E-state index contributed by atoms with van der Waals surface area (Å²) in [4.78, 5) is 0. The van der Waals surface area contributed by atoms with Crippen LogP contribution in [0.2, 0.25) is 0 Å². The molecule has 0 radical (unpaired) electrons. The van der Waals surface area contributed by atoms with Gasteiger partial charge in [0.05, 0.1) is 0 Å². The van der Waals surface area contributed by atoms with Gasteiger partial charge < -0.3 is 0 Å². The van der Waals surface area contributed by atoms with Crippen molar-refractivity contribution < 1.29 is 8.42 Å². The molecule has 1 heterocycles. The standard InChI is InChI=1S/C15H27NO2S2/c1-2-3-4-5-6-7-8-9-10-13-16-20(17,18)15-12-11-14-19-15/h11-12,14,16H,2-10,13H2,1H3. The second-order valence-electron chi connectivity index (χ2n) is 5.16. The molecule has 0 aliphatic rings. The van der Waals surface area contributed by atoms with E-state index in [0.717, 1.165) is 12.8 Å². The second-order valence-corrected chi connectivity index (χ2v) is 8.10. The van der Waals surface area contributed by atoms with Crippen LogP contribution >= 0.6 is 11.3 Å². The molecule has 1 aromatic heterocycles. The van der Waals surface area contributed by atoms with Gasteiger partial charge in [-0.15, -0.1) is 11.3 Å². The van der Waals surface area contributed by atoms with Gasteiger partial charge in [0, 0.05) is 6.54 Å². The van der Waals surface area contributed by atoms with Gasteiger partial charge in [0.1, 0.15) is 4.21 Å². The Kier molecular flexibility index (Phi) is 9.14. The highest BCUT2D eigenvalue weighted by molar-refractivity contribution is 7.91. The summed E-state index contributed by atoms with van der Waals surface area (Å²) in [5.41, 5.74) is 0. The van der Waals surface area contributed by atoms with Crippen LogP contribution in [0.1, 0.15) is 64.7 Å². The monoisotopic (exact) mass is 317 g/mol. The summed E-state index contributed by atoms with van der Waals surface area (Å²) in [5, 5.41) is 1.78. The Morgan fingerprint density at radius 3 is 2.15 bits per heavy atom. The molecule has 20 heavy (non-hydrogen) atoms. The van der Waals surface area contributed by atoms with Crippen LogP contribution in [-0.4, -0.2) is 15.0 Å². The molecule has 1 N–H and O–H groups in total. The first-order valence-electron chi connectivity index (χ1n) is 7.70. The molecule has 1 rings (SSSR count). The van der Waals surface area contributed by atoms with Crippen molar-refractivity contribution in [2.24, 2.45) is 0 Å². The van der Waals surface area contributed by atoms with Crippen LogP contribution in [0, 0.1) is 0 Å². The van der Waals surface area contributed by atoms with Crippen LogP contribution in [0.5, 0.6) is 0 Å². The second kappa shape index (κ2) is 10.4. The van der Waals surface area contributed by atoms with Gasteiger partial charge in [0.25, 0.3) is 0 Å². The molecule has 0 spiro atoms. The molecular weight excluding hydrogens is 290 g/mol. The van der Waals surface area contributed by atoms with E-state index in [-0.39, 0.29) is 0 Å². The van der Waals surface area contributed by atoms with E-state index in [1.165, 1.54) is 56.3 Å². The molecule has 1 aromatic rings. The topological polar surface area (TPSA) is 46.2 Å². The Labute approximate surface area is 127 Å². The Morgan fingerprint density at radius 1 is 1.00 bits per heavy atom. The van der Waals surface area contributed by atoms with Crippen molar-refractivity contribution in [3.8, 4) is 0 Å². The molecule has 5 heteroatoms. The summed E-state index contributed by atoms with van der Waals surface area (Å²) in [7, 11) is -3.26. The van der Waals surface area contributed by atoms with Gasteiger partial charge in [-0.05, 0) is 17.9 Å². The fourth-order valence-electron chi connectivity index (χ4n) is 2.13. The van der Waals surface area contributed by atoms with Crippen molar-refractivity contribution in [3.63, 3.8) is 0 Å². The maximum atomic E-state index is 11.8. The Balaban J connectivity index is 1.97. The highest BCUT2D eigenvalue weighted by Gasteiger charge is 2.13. The van der Waals surface area contributed by atoms with E-state index in [9.17, 15) is 8.42 Å². The summed E-state index contributed by atoms with van der Waals surface area (Å²) >= 11 is 1.26. The minimum absolute atomic E-state index is 0.411. The van der Waals surface area contributed by atoms with Crippen molar-refractivity contribution in [2.75, 3.05) is 6.54 Å². The summed E-state index contributed by atoms with van der Waals surface area (Å²) < 4.78 is 26.7. The van der Waals surface area contributed by atoms with E-state index < -0.39 is 10.0 Å². The molecular formula is C15H27NO2S2. The van der Waals surface area contributed by atoms with Gasteiger partial charge >= 0.3 is 0 Å². The van der Waals surface area contributed by atoms with E-state index in [1.807, 2.05) is 0 Å². The predicted octanol–water partition coefficient (Wildman–Crippen LogP) is 4.56. The van der Waals surface area contributed by atoms with Crippen LogP contribution in [0.3, 0.4) is 0 Å². The third kappa shape index (κ3) is 7.41. The Bertz CT molecular complexity index is 427. The molecule has 0 aliphatic heterocycles. The zero-order valence-corrected chi connectivity index (χ0v) is 14.1. The molecule has 116 valence electrons. The molecule has 0 atom stereocenters. The predicted molar refractivity (Wildman–Crippen MR) is 86.7 cm³/mol. The fourth-order valence-corrected chi connectivity index (χ4v) is 4.24. The molecule has 0 saturated carbocycles. The third-order valence-corrected chi connectivity index (χ3v) is 6.19. The number of hydrogen-bond acceptors (Lipinski definition) is 3. The average molecular weight is 318 g/mol. The van der Waals surface area contributed by atoms with Gasteiger partial charge in [-0.3, -0.25) is 0 Å². The van der Waals surface area contributed by atoms with E-state index in [0.29, 0.717) is 10.8 Å².